The molecule has 226 valence electrons. The third-order valence-electron chi connectivity index (χ3n) is 6.60. The molecule has 0 radical (unpaired) electrons. The van der Waals surface area contributed by atoms with Gasteiger partial charge in [0.05, 0.1) is 24.8 Å². The molecule has 3 aromatic rings. The smallest absolute Gasteiger partial charge is 0.264 e. The van der Waals surface area contributed by atoms with Gasteiger partial charge in [-0.3, -0.25) is 13.9 Å². The van der Waals surface area contributed by atoms with Crippen molar-refractivity contribution in [3.63, 3.8) is 0 Å². The Morgan fingerprint density at radius 3 is 2.21 bits per heavy atom. The lowest BCUT2D eigenvalue weighted by atomic mass is 10.1. The van der Waals surface area contributed by atoms with E-state index in [-0.39, 0.29) is 28.8 Å². The Morgan fingerprint density at radius 2 is 1.62 bits per heavy atom. The highest BCUT2D eigenvalue weighted by atomic mass is 79.9. The predicted octanol–water partition coefficient (Wildman–Crippen LogP) is 5.13. The molecule has 42 heavy (non-hydrogen) atoms. The fourth-order valence-electron chi connectivity index (χ4n) is 4.15. The van der Waals surface area contributed by atoms with E-state index in [2.05, 4.69) is 21.2 Å². The van der Waals surface area contributed by atoms with Gasteiger partial charge in [0.25, 0.3) is 10.0 Å². The van der Waals surface area contributed by atoms with Crippen LogP contribution in [0.4, 0.5) is 10.1 Å². The zero-order chi connectivity index (χ0) is 30.9. The summed E-state index contributed by atoms with van der Waals surface area (Å²) < 4.78 is 54.1. The molecule has 0 spiro atoms. The summed E-state index contributed by atoms with van der Waals surface area (Å²) in [4.78, 5) is 28.2. The number of hydrogen-bond acceptors (Lipinski definition) is 6. The minimum Gasteiger partial charge on any atom is -0.493 e. The van der Waals surface area contributed by atoms with Crippen LogP contribution in [0.3, 0.4) is 0 Å². The number of carbonyl (C=O) groups excluding carboxylic acids is 2. The minimum atomic E-state index is -4.37. The molecule has 1 atom stereocenters. The maximum absolute atomic E-state index is 14.0. The Kier molecular flexibility index (Phi) is 11.7. The van der Waals surface area contributed by atoms with E-state index in [0.29, 0.717) is 12.3 Å². The van der Waals surface area contributed by atoms with E-state index in [9.17, 15) is 22.4 Å². The number of nitrogens with one attached hydrogen (secondary N) is 1. The first-order valence-corrected chi connectivity index (χ1v) is 15.6. The zero-order valence-corrected chi connectivity index (χ0v) is 26.4. The van der Waals surface area contributed by atoms with E-state index >= 15 is 0 Å². The van der Waals surface area contributed by atoms with Crippen LogP contribution in [0.5, 0.6) is 11.5 Å². The fourth-order valence-corrected chi connectivity index (χ4v) is 5.84. The standard InChI is InChI=1S/C30H35BrFN3O6S/c1-5-6-17-33-30(37)21(2)34(19-22-7-9-23(31)10-8-22)29(36)20-35(25-13-11-24(32)12-14-25)42(38,39)26-15-16-27(40-3)28(18-26)41-4/h7-16,18,21H,5-6,17,19-20H2,1-4H3,(H,33,37)/t21-/m1/s1. The molecule has 9 nitrogen and oxygen atoms in total. The summed E-state index contributed by atoms with van der Waals surface area (Å²) in [5, 5.41) is 2.84. The van der Waals surface area contributed by atoms with Crippen LogP contribution in [0, 0.1) is 5.82 Å². The largest absolute Gasteiger partial charge is 0.493 e. The van der Waals surface area contributed by atoms with Crippen LogP contribution in [0.1, 0.15) is 32.3 Å². The highest BCUT2D eigenvalue weighted by Crippen LogP contribution is 2.32. The number of halogens is 2. The van der Waals surface area contributed by atoms with Gasteiger partial charge >= 0.3 is 0 Å². The fraction of sp³-hybridized carbons (Fsp3) is 0.333. The number of benzene rings is 3. The monoisotopic (exact) mass is 663 g/mol. The van der Waals surface area contributed by atoms with E-state index in [4.69, 9.17) is 9.47 Å². The number of methoxy groups -OCH3 is 2. The van der Waals surface area contributed by atoms with E-state index in [1.165, 1.54) is 49.5 Å². The molecule has 0 saturated heterocycles. The first-order valence-electron chi connectivity index (χ1n) is 13.3. The van der Waals surface area contributed by atoms with E-state index < -0.39 is 34.3 Å². The predicted molar refractivity (Wildman–Crippen MR) is 163 cm³/mol. The number of ether oxygens (including phenoxy) is 2. The summed E-state index contributed by atoms with van der Waals surface area (Å²) in [5.74, 6) is -1.04. The van der Waals surface area contributed by atoms with E-state index in [0.717, 1.165) is 39.3 Å². The van der Waals surface area contributed by atoms with Crippen molar-refractivity contribution >= 4 is 43.5 Å². The van der Waals surface area contributed by atoms with Crippen LogP contribution in [0.25, 0.3) is 0 Å². The number of rotatable bonds is 14. The molecule has 3 aromatic carbocycles. The van der Waals surface area contributed by atoms with Gasteiger partial charge in [-0.25, -0.2) is 12.8 Å². The maximum atomic E-state index is 14.0. The third kappa shape index (κ3) is 8.22. The van der Waals surface area contributed by atoms with E-state index in [1.807, 2.05) is 31.2 Å². The highest BCUT2D eigenvalue weighted by molar-refractivity contribution is 9.10. The molecular formula is C30H35BrFN3O6S. The van der Waals surface area contributed by atoms with Gasteiger partial charge in [-0.2, -0.15) is 0 Å². The molecule has 0 bridgehead atoms. The van der Waals surface area contributed by atoms with Crippen LogP contribution in [-0.2, 0) is 26.2 Å². The van der Waals surface area contributed by atoms with Crippen molar-refractivity contribution in [1.82, 2.24) is 10.2 Å². The zero-order valence-electron chi connectivity index (χ0n) is 24.0. The first kappa shape index (κ1) is 32.9. The van der Waals surface area contributed by atoms with Crippen LogP contribution in [0.15, 0.2) is 76.1 Å². The van der Waals surface area contributed by atoms with Crippen LogP contribution in [-0.4, -0.2) is 58.5 Å². The average molecular weight is 665 g/mol. The lowest BCUT2D eigenvalue weighted by Crippen LogP contribution is -2.51. The lowest BCUT2D eigenvalue weighted by molar-refractivity contribution is -0.139. The Balaban J connectivity index is 2.03. The summed E-state index contributed by atoms with van der Waals surface area (Å²) in [6.45, 7) is 3.47. The van der Waals surface area contributed by atoms with Crippen molar-refractivity contribution in [2.45, 2.75) is 44.2 Å². The van der Waals surface area contributed by atoms with Gasteiger partial charge in [-0.05, 0) is 67.4 Å². The average Bonchev–Trinajstić information content (AvgIpc) is 2.99. The van der Waals surface area contributed by atoms with Gasteiger partial charge in [0, 0.05) is 23.6 Å². The van der Waals surface area contributed by atoms with E-state index in [1.54, 1.807) is 6.92 Å². The summed E-state index contributed by atoms with van der Waals surface area (Å²) in [5.41, 5.74) is 0.819. The number of amides is 2. The summed E-state index contributed by atoms with van der Waals surface area (Å²) in [6.07, 6.45) is 1.66. The molecular weight excluding hydrogens is 629 g/mol. The number of nitrogens with zero attached hydrogens (tertiary/aromatic N) is 2. The number of anilines is 1. The summed E-state index contributed by atoms with van der Waals surface area (Å²) in [7, 11) is -1.57. The molecule has 0 aliphatic heterocycles. The van der Waals surface area contributed by atoms with Crippen molar-refractivity contribution in [1.29, 1.82) is 0 Å². The van der Waals surface area contributed by atoms with Crippen molar-refractivity contribution in [3.05, 3.63) is 82.6 Å². The Bertz CT molecular complexity index is 1470. The van der Waals surface area contributed by atoms with Gasteiger partial charge in [0.15, 0.2) is 11.5 Å². The maximum Gasteiger partial charge on any atom is 0.264 e. The molecule has 3 rings (SSSR count). The Morgan fingerprint density at radius 1 is 0.976 bits per heavy atom. The first-order chi connectivity index (χ1) is 20.0. The minimum absolute atomic E-state index is 0.0577. The number of sulfonamides is 1. The molecule has 0 aliphatic rings. The van der Waals surface area contributed by atoms with Gasteiger partial charge in [-0.1, -0.05) is 41.4 Å². The van der Waals surface area contributed by atoms with Crippen molar-refractivity contribution in [2.75, 3.05) is 31.6 Å². The molecule has 12 heteroatoms. The van der Waals surface area contributed by atoms with Crippen LogP contribution in [0.2, 0.25) is 0 Å². The number of hydrogen-bond donors (Lipinski definition) is 1. The Hall–Kier alpha value is -3.64. The van der Waals surface area contributed by atoms with Crippen LogP contribution >= 0.6 is 15.9 Å². The normalized spacial score (nSPS) is 11.9. The van der Waals surface area contributed by atoms with Crippen LogP contribution < -0.4 is 19.1 Å². The molecule has 0 saturated carbocycles. The molecule has 2 amide bonds. The third-order valence-corrected chi connectivity index (χ3v) is 8.90. The number of unbranched alkanes of at least 4 members (excludes halogenated alkanes) is 1. The second-order valence-electron chi connectivity index (χ2n) is 9.47. The van der Waals surface area contributed by atoms with Gasteiger partial charge < -0.3 is 19.7 Å². The van der Waals surface area contributed by atoms with Crippen molar-refractivity contribution in [2.24, 2.45) is 0 Å². The topological polar surface area (TPSA) is 105 Å². The van der Waals surface area contributed by atoms with Crippen molar-refractivity contribution in [3.8, 4) is 11.5 Å². The quantitative estimate of drug-likeness (QED) is 0.240. The van der Waals surface area contributed by atoms with Gasteiger partial charge in [0.2, 0.25) is 11.8 Å². The number of carbonyl (C=O) groups is 2. The Labute approximate surface area is 254 Å². The molecule has 0 unspecified atom stereocenters. The molecule has 0 aliphatic carbocycles. The highest BCUT2D eigenvalue weighted by Gasteiger charge is 2.33. The second-order valence-corrected chi connectivity index (χ2v) is 12.3. The summed E-state index contributed by atoms with van der Waals surface area (Å²) in [6, 6.07) is 15.2. The molecule has 0 heterocycles. The van der Waals surface area contributed by atoms with Gasteiger partial charge in [0.1, 0.15) is 18.4 Å². The molecule has 1 N–H and O–H groups in total. The summed E-state index contributed by atoms with van der Waals surface area (Å²) >= 11 is 3.39. The SMILES string of the molecule is CCCCNC(=O)[C@@H](C)N(Cc1ccc(Br)cc1)C(=O)CN(c1ccc(F)cc1)S(=O)(=O)c1ccc(OC)c(OC)c1. The lowest BCUT2D eigenvalue weighted by Gasteiger charge is -2.32. The molecule has 0 aromatic heterocycles. The second kappa shape index (κ2) is 15.0. The van der Waals surface area contributed by atoms with Gasteiger partial charge in [-0.15, -0.1) is 0 Å². The van der Waals surface area contributed by atoms with Crippen molar-refractivity contribution < 1.29 is 31.9 Å². The molecule has 0 fully saturated rings.